The highest BCUT2D eigenvalue weighted by molar-refractivity contribution is 7.98. The molecular weight excluding hydrogens is 276 g/mol. The van der Waals surface area contributed by atoms with Gasteiger partial charge >= 0.3 is 5.97 Å². The molecule has 0 saturated heterocycles. The van der Waals surface area contributed by atoms with Crippen LogP contribution in [0.2, 0.25) is 0 Å². The molecular formula is C10H14N2O4S2. The largest absolute Gasteiger partial charge is 0.480 e. The smallest absolute Gasteiger partial charge is 0.321 e. The topological polar surface area (TPSA) is 96.4 Å². The quantitative estimate of drug-likeness (QED) is 0.762. The van der Waals surface area contributed by atoms with Gasteiger partial charge in [-0.15, -0.1) is 0 Å². The highest BCUT2D eigenvalue weighted by Gasteiger charge is 2.24. The van der Waals surface area contributed by atoms with Crippen molar-refractivity contribution < 1.29 is 18.3 Å². The van der Waals surface area contributed by atoms with Crippen molar-refractivity contribution in [2.45, 2.75) is 17.4 Å². The zero-order chi connectivity index (χ0) is 13.6. The molecule has 0 unspecified atom stereocenters. The Labute approximate surface area is 110 Å². The lowest BCUT2D eigenvalue weighted by Gasteiger charge is -2.13. The van der Waals surface area contributed by atoms with Gasteiger partial charge in [0, 0.05) is 12.4 Å². The summed E-state index contributed by atoms with van der Waals surface area (Å²) in [5.41, 5.74) is 0. The summed E-state index contributed by atoms with van der Waals surface area (Å²) >= 11 is 1.46. The van der Waals surface area contributed by atoms with Crippen LogP contribution >= 0.6 is 11.8 Å². The summed E-state index contributed by atoms with van der Waals surface area (Å²) in [5, 5.41) is 8.96. The third-order valence-corrected chi connectivity index (χ3v) is 4.25. The molecule has 0 radical (unpaired) electrons. The fraction of sp³-hybridized carbons (Fsp3) is 0.400. The zero-order valence-corrected chi connectivity index (χ0v) is 11.4. The normalized spacial score (nSPS) is 13.2. The standard InChI is InChI=1S/C10H14N2O4S2/c1-17-6-4-9(10(13)14)12-18(15,16)8-3-2-5-11-7-8/h2-3,5,7,9,12H,4,6H2,1H3,(H,13,14)/t9-/m1/s1. The molecule has 0 aliphatic rings. The van der Waals surface area contributed by atoms with E-state index in [2.05, 4.69) is 9.71 Å². The van der Waals surface area contributed by atoms with E-state index in [0.717, 1.165) is 0 Å². The average Bonchev–Trinajstić information content (AvgIpc) is 2.35. The van der Waals surface area contributed by atoms with Crippen molar-refractivity contribution in [3.05, 3.63) is 24.5 Å². The van der Waals surface area contributed by atoms with Gasteiger partial charge in [-0.25, -0.2) is 8.42 Å². The lowest BCUT2D eigenvalue weighted by Crippen LogP contribution is -2.41. The van der Waals surface area contributed by atoms with Crippen LogP contribution in [-0.4, -0.2) is 42.5 Å². The number of aromatic nitrogens is 1. The van der Waals surface area contributed by atoms with E-state index in [0.29, 0.717) is 5.75 Å². The summed E-state index contributed by atoms with van der Waals surface area (Å²) in [5.74, 6) is -0.622. The highest BCUT2D eigenvalue weighted by Crippen LogP contribution is 2.09. The molecule has 1 rings (SSSR count). The Morgan fingerprint density at radius 1 is 1.61 bits per heavy atom. The summed E-state index contributed by atoms with van der Waals surface area (Å²) in [7, 11) is -3.84. The van der Waals surface area contributed by atoms with Crippen molar-refractivity contribution in [2.75, 3.05) is 12.0 Å². The Bertz CT molecular complexity index is 490. The molecule has 2 N–H and O–H groups in total. The Hall–Kier alpha value is -1.12. The van der Waals surface area contributed by atoms with Gasteiger partial charge in [0.05, 0.1) is 0 Å². The monoisotopic (exact) mass is 290 g/mol. The number of hydrogen-bond acceptors (Lipinski definition) is 5. The van der Waals surface area contributed by atoms with E-state index in [9.17, 15) is 13.2 Å². The maximum atomic E-state index is 11.9. The van der Waals surface area contributed by atoms with E-state index in [1.807, 2.05) is 6.26 Å². The van der Waals surface area contributed by atoms with Gasteiger partial charge in [0.2, 0.25) is 10.0 Å². The van der Waals surface area contributed by atoms with Gasteiger partial charge in [-0.1, -0.05) is 0 Å². The molecule has 6 nitrogen and oxygen atoms in total. The van der Waals surface area contributed by atoms with Crippen LogP contribution in [0.5, 0.6) is 0 Å². The average molecular weight is 290 g/mol. The lowest BCUT2D eigenvalue weighted by molar-refractivity contribution is -0.139. The van der Waals surface area contributed by atoms with E-state index < -0.39 is 22.0 Å². The number of pyridine rings is 1. The number of carboxylic acids is 1. The van der Waals surface area contributed by atoms with Crippen LogP contribution in [-0.2, 0) is 14.8 Å². The van der Waals surface area contributed by atoms with Gasteiger partial charge in [0.1, 0.15) is 10.9 Å². The number of rotatable bonds is 7. The van der Waals surface area contributed by atoms with Gasteiger partial charge in [-0.3, -0.25) is 9.78 Å². The molecule has 0 spiro atoms. The summed E-state index contributed by atoms with van der Waals surface area (Å²) in [6, 6.07) is 1.72. The molecule has 100 valence electrons. The zero-order valence-electron chi connectivity index (χ0n) is 9.74. The minimum Gasteiger partial charge on any atom is -0.480 e. The van der Waals surface area contributed by atoms with Gasteiger partial charge in [0.15, 0.2) is 0 Å². The van der Waals surface area contributed by atoms with E-state index in [4.69, 9.17) is 5.11 Å². The number of sulfonamides is 1. The Balaban J connectivity index is 2.83. The van der Waals surface area contributed by atoms with E-state index >= 15 is 0 Å². The molecule has 1 aromatic rings. The van der Waals surface area contributed by atoms with Crippen molar-refractivity contribution in [3.8, 4) is 0 Å². The number of carbonyl (C=O) groups is 1. The van der Waals surface area contributed by atoms with Crippen LogP contribution in [0.25, 0.3) is 0 Å². The SMILES string of the molecule is CSCC[C@@H](NS(=O)(=O)c1cccnc1)C(=O)O. The molecule has 0 aromatic carbocycles. The minimum atomic E-state index is -3.84. The Morgan fingerprint density at radius 2 is 2.33 bits per heavy atom. The first kappa shape index (κ1) is 14.9. The summed E-state index contributed by atoms with van der Waals surface area (Å²) < 4.78 is 25.9. The Kier molecular flexibility index (Phi) is 5.57. The number of carboxylic acid groups (broad SMARTS) is 1. The summed E-state index contributed by atoms with van der Waals surface area (Å²) in [6.07, 6.45) is 4.68. The molecule has 0 aliphatic carbocycles. The Morgan fingerprint density at radius 3 is 2.83 bits per heavy atom. The second-order valence-corrected chi connectivity index (χ2v) is 6.18. The molecule has 1 aromatic heterocycles. The lowest BCUT2D eigenvalue weighted by atomic mass is 10.2. The number of hydrogen-bond donors (Lipinski definition) is 2. The fourth-order valence-corrected chi connectivity index (χ4v) is 2.89. The molecule has 0 aliphatic heterocycles. The van der Waals surface area contributed by atoms with Crippen LogP contribution in [0.4, 0.5) is 0 Å². The number of nitrogens with one attached hydrogen (secondary N) is 1. The van der Waals surface area contributed by atoms with Gasteiger partial charge in [-0.2, -0.15) is 16.5 Å². The van der Waals surface area contributed by atoms with Crippen LogP contribution < -0.4 is 4.72 Å². The van der Waals surface area contributed by atoms with Gasteiger partial charge in [0.25, 0.3) is 0 Å². The van der Waals surface area contributed by atoms with Crippen molar-refractivity contribution in [3.63, 3.8) is 0 Å². The molecule has 0 bridgehead atoms. The van der Waals surface area contributed by atoms with Crippen LogP contribution in [0, 0.1) is 0 Å². The number of nitrogens with zero attached hydrogens (tertiary/aromatic N) is 1. The minimum absolute atomic E-state index is 0.0413. The van der Waals surface area contributed by atoms with Crippen LogP contribution in [0.3, 0.4) is 0 Å². The third kappa shape index (κ3) is 4.28. The molecule has 0 saturated carbocycles. The van der Waals surface area contributed by atoms with Crippen molar-refractivity contribution in [2.24, 2.45) is 0 Å². The van der Waals surface area contributed by atoms with Crippen molar-refractivity contribution in [1.29, 1.82) is 0 Å². The number of aliphatic carboxylic acids is 1. The summed E-state index contributed by atoms with van der Waals surface area (Å²) in [6.45, 7) is 0. The van der Waals surface area contributed by atoms with E-state index in [-0.39, 0.29) is 11.3 Å². The first-order valence-corrected chi connectivity index (χ1v) is 7.99. The number of thioether (sulfide) groups is 1. The van der Waals surface area contributed by atoms with Crippen LogP contribution in [0.15, 0.2) is 29.4 Å². The molecule has 1 atom stereocenters. The van der Waals surface area contributed by atoms with E-state index in [1.54, 1.807) is 0 Å². The molecule has 18 heavy (non-hydrogen) atoms. The van der Waals surface area contributed by atoms with Gasteiger partial charge in [-0.05, 0) is 30.6 Å². The van der Waals surface area contributed by atoms with Gasteiger partial charge < -0.3 is 5.11 Å². The second kappa shape index (κ2) is 6.72. The first-order valence-electron chi connectivity index (χ1n) is 5.11. The molecule has 8 heteroatoms. The summed E-state index contributed by atoms with van der Waals surface area (Å²) in [4.78, 5) is 14.6. The molecule has 0 fully saturated rings. The molecule has 1 heterocycles. The predicted molar refractivity (Wildman–Crippen MR) is 69.0 cm³/mol. The van der Waals surface area contributed by atoms with Crippen LogP contribution in [0.1, 0.15) is 6.42 Å². The predicted octanol–water partition coefficient (Wildman–Crippen LogP) is 0.566. The third-order valence-electron chi connectivity index (χ3n) is 2.15. The van der Waals surface area contributed by atoms with Crippen molar-refractivity contribution in [1.82, 2.24) is 9.71 Å². The highest BCUT2D eigenvalue weighted by atomic mass is 32.2. The first-order chi connectivity index (χ1) is 8.47. The van der Waals surface area contributed by atoms with Crippen molar-refractivity contribution >= 4 is 27.8 Å². The maximum Gasteiger partial charge on any atom is 0.321 e. The maximum absolute atomic E-state index is 11.9. The fourth-order valence-electron chi connectivity index (χ4n) is 1.23. The second-order valence-electron chi connectivity index (χ2n) is 3.48. The van der Waals surface area contributed by atoms with E-state index in [1.165, 1.54) is 36.3 Å². The molecule has 0 amide bonds.